The van der Waals surface area contributed by atoms with E-state index >= 15 is 0 Å². The van der Waals surface area contributed by atoms with Crippen LogP contribution in [-0.2, 0) is 0 Å². The molecule has 0 aliphatic heterocycles. The Balaban J connectivity index is 0.932. The topological polar surface area (TPSA) is 16.4 Å². The Bertz CT molecular complexity index is 4340. The number of benzene rings is 12. The van der Waals surface area contributed by atoms with Gasteiger partial charge in [0.15, 0.2) is 0 Å². The van der Waals surface area contributed by atoms with E-state index in [9.17, 15) is 0 Å². The third kappa shape index (κ3) is 7.75. The van der Waals surface area contributed by atoms with Crippen molar-refractivity contribution in [3.05, 3.63) is 273 Å². The van der Waals surface area contributed by atoms with E-state index in [2.05, 4.69) is 278 Å². The molecule has 0 aliphatic rings. The van der Waals surface area contributed by atoms with Crippen molar-refractivity contribution in [1.29, 1.82) is 0 Å². The van der Waals surface area contributed by atoms with Crippen molar-refractivity contribution in [1.82, 2.24) is 0 Å². The third-order valence-corrected chi connectivity index (χ3v) is 15.6. The second-order valence-corrected chi connectivity index (χ2v) is 19.9. The second kappa shape index (κ2) is 17.8. The summed E-state index contributed by atoms with van der Waals surface area (Å²) in [5.74, 6) is 0. The van der Waals surface area contributed by atoms with Crippen LogP contribution in [-0.4, -0.2) is 0 Å². The molecule has 0 saturated carbocycles. The minimum Gasteiger partial charge on any atom is -0.456 e. The van der Waals surface area contributed by atoms with Gasteiger partial charge in [-0.2, -0.15) is 0 Å². The van der Waals surface area contributed by atoms with Crippen LogP contribution in [0.25, 0.3) is 120 Å². The van der Waals surface area contributed by atoms with E-state index in [1.165, 1.54) is 58.8 Å². The van der Waals surface area contributed by atoms with Crippen LogP contribution in [0.3, 0.4) is 0 Å². The molecule has 2 aromatic heterocycles. The molecule has 0 aliphatic carbocycles. The maximum absolute atomic E-state index is 6.54. The summed E-state index contributed by atoms with van der Waals surface area (Å²) in [6, 6.07) is 99.3. The van der Waals surface area contributed by atoms with Crippen molar-refractivity contribution >= 4 is 81.3 Å². The number of furan rings is 1. The van der Waals surface area contributed by atoms with Gasteiger partial charge in [0.2, 0.25) is 0 Å². The lowest BCUT2D eigenvalue weighted by molar-refractivity contribution is 0.669. The van der Waals surface area contributed by atoms with E-state index in [0.29, 0.717) is 0 Å². The molecular weight excluding hydrogens is 903 g/mol. The molecule has 0 fully saturated rings. The first-order valence-corrected chi connectivity index (χ1v) is 25.7. The highest BCUT2D eigenvalue weighted by Crippen LogP contribution is 2.46. The van der Waals surface area contributed by atoms with E-state index in [0.717, 1.165) is 77.9 Å². The van der Waals surface area contributed by atoms with Gasteiger partial charge in [-0.05, 0) is 150 Å². The minimum absolute atomic E-state index is 0.887. The summed E-state index contributed by atoms with van der Waals surface area (Å²) in [5, 5.41) is 7.29. The molecule has 0 N–H and O–H groups in total. The Labute approximate surface area is 427 Å². The van der Waals surface area contributed by atoms with Gasteiger partial charge in [0.1, 0.15) is 11.2 Å². The van der Waals surface area contributed by atoms with Crippen LogP contribution in [0, 0.1) is 0 Å². The van der Waals surface area contributed by atoms with Gasteiger partial charge in [-0.25, -0.2) is 0 Å². The summed E-state index contributed by atoms with van der Waals surface area (Å²) in [4.78, 5) is 2.43. The maximum atomic E-state index is 6.54. The Morgan fingerprint density at radius 3 is 1.51 bits per heavy atom. The van der Waals surface area contributed by atoms with Gasteiger partial charge < -0.3 is 9.32 Å². The third-order valence-electron chi connectivity index (χ3n) is 14.5. The average molecular weight is 948 g/mol. The van der Waals surface area contributed by atoms with Crippen LogP contribution >= 0.6 is 11.3 Å². The van der Waals surface area contributed by atoms with Crippen molar-refractivity contribution in [3.63, 3.8) is 0 Å². The fraction of sp³-hybridized carbons (Fsp3) is 0. The lowest BCUT2D eigenvalue weighted by Crippen LogP contribution is -2.10. The quantitative estimate of drug-likeness (QED) is 0.143. The smallest absolute Gasteiger partial charge is 0.136 e. The number of thiophene rings is 1. The van der Waals surface area contributed by atoms with Crippen molar-refractivity contribution in [2.75, 3.05) is 4.90 Å². The van der Waals surface area contributed by atoms with E-state index in [1.807, 2.05) is 11.3 Å². The Morgan fingerprint density at radius 2 is 0.781 bits per heavy atom. The number of nitrogens with zero attached hydrogens (tertiary/aromatic N) is 1. The van der Waals surface area contributed by atoms with Gasteiger partial charge in [-0.1, -0.05) is 200 Å². The summed E-state index contributed by atoms with van der Waals surface area (Å²) < 4.78 is 9.11. The van der Waals surface area contributed by atoms with Crippen LogP contribution in [0.4, 0.5) is 17.1 Å². The monoisotopic (exact) mass is 947 g/mol. The number of hydrogen-bond donors (Lipinski definition) is 0. The van der Waals surface area contributed by atoms with Crippen molar-refractivity contribution in [3.8, 4) is 66.8 Å². The zero-order chi connectivity index (χ0) is 48.2. The zero-order valence-electron chi connectivity index (χ0n) is 39.7. The molecule has 12 aromatic carbocycles. The Kier molecular flexibility index (Phi) is 10.4. The van der Waals surface area contributed by atoms with Crippen LogP contribution in [0.15, 0.2) is 277 Å². The molecule has 0 atom stereocenters. The molecule has 2 heterocycles. The summed E-state index contributed by atoms with van der Waals surface area (Å²) in [6.45, 7) is 0. The van der Waals surface area contributed by atoms with E-state index in [-0.39, 0.29) is 0 Å². The SMILES string of the molecule is c1ccc(-c2ccc(-c3cccc(N(c4ccc(-c5ccc6c(c5)oc5ccc7ccccc7c56)cc4)c4cc(-c5ccc(-c6ccccc6)cc5)cc(-c5cccc6sc7ccccc7c56)c4)c3)cc2)cc1. The number of anilines is 3. The van der Waals surface area contributed by atoms with E-state index in [1.54, 1.807) is 0 Å². The molecule has 2 nitrogen and oxygen atoms in total. The highest BCUT2D eigenvalue weighted by atomic mass is 32.1. The molecule has 0 unspecified atom stereocenters. The average Bonchev–Trinajstić information content (AvgIpc) is 4.05. The van der Waals surface area contributed by atoms with Crippen LogP contribution in [0.2, 0.25) is 0 Å². The first kappa shape index (κ1) is 42.6. The number of fused-ring (bicyclic) bond motifs is 8. The molecule has 0 bridgehead atoms. The molecule has 0 amide bonds. The van der Waals surface area contributed by atoms with Crippen molar-refractivity contribution in [2.24, 2.45) is 0 Å². The second-order valence-electron chi connectivity index (χ2n) is 18.8. The summed E-state index contributed by atoms with van der Waals surface area (Å²) in [5.41, 5.74) is 19.0. The predicted octanol–water partition coefficient (Wildman–Crippen LogP) is 20.6. The molecule has 14 rings (SSSR count). The maximum Gasteiger partial charge on any atom is 0.136 e. The zero-order valence-corrected chi connectivity index (χ0v) is 40.6. The van der Waals surface area contributed by atoms with Crippen molar-refractivity contribution < 1.29 is 4.42 Å². The van der Waals surface area contributed by atoms with Crippen LogP contribution < -0.4 is 4.90 Å². The van der Waals surface area contributed by atoms with Gasteiger partial charge in [-0.3, -0.25) is 0 Å². The van der Waals surface area contributed by atoms with Gasteiger partial charge in [0.25, 0.3) is 0 Å². The van der Waals surface area contributed by atoms with Crippen molar-refractivity contribution in [2.45, 2.75) is 0 Å². The molecule has 342 valence electrons. The summed E-state index contributed by atoms with van der Waals surface area (Å²) >= 11 is 1.86. The van der Waals surface area contributed by atoms with Crippen LogP contribution in [0.5, 0.6) is 0 Å². The highest BCUT2D eigenvalue weighted by Gasteiger charge is 2.20. The Morgan fingerprint density at radius 1 is 0.260 bits per heavy atom. The Hall–Kier alpha value is -9.28. The van der Waals surface area contributed by atoms with Gasteiger partial charge in [0, 0.05) is 48.0 Å². The fourth-order valence-corrected chi connectivity index (χ4v) is 12.0. The first-order chi connectivity index (χ1) is 36.1. The first-order valence-electron chi connectivity index (χ1n) is 24.9. The molecule has 0 spiro atoms. The lowest BCUT2D eigenvalue weighted by Gasteiger charge is -2.28. The minimum atomic E-state index is 0.887. The van der Waals surface area contributed by atoms with Crippen LogP contribution in [0.1, 0.15) is 0 Å². The summed E-state index contributed by atoms with van der Waals surface area (Å²) in [6.07, 6.45) is 0. The summed E-state index contributed by atoms with van der Waals surface area (Å²) in [7, 11) is 0. The van der Waals surface area contributed by atoms with E-state index < -0.39 is 0 Å². The molecule has 14 aromatic rings. The van der Waals surface area contributed by atoms with Gasteiger partial charge >= 0.3 is 0 Å². The largest absolute Gasteiger partial charge is 0.456 e. The predicted molar refractivity (Wildman–Crippen MR) is 311 cm³/mol. The van der Waals surface area contributed by atoms with E-state index in [4.69, 9.17) is 4.42 Å². The number of hydrogen-bond acceptors (Lipinski definition) is 3. The normalized spacial score (nSPS) is 11.6. The number of rotatable bonds is 9. The fourth-order valence-electron chi connectivity index (χ4n) is 10.8. The lowest BCUT2D eigenvalue weighted by atomic mass is 9.93. The molecular formula is C70H45NOS. The van der Waals surface area contributed by atoms with Gasteiger partial charge in [0.05, 0.1) is 0 Å². The van der Waals surface area contributed by atoms with Gasteiger partial charge in [-0.15, -0.1) is 11.3 Å². The molecule has 0 radical (unpaired) electrons. The highest BCUT2D eigenvalue weighted by molar-refractivity contribution is 7.25. The molecule has 0 saturated heterocycles. The molecule has 73 heavy (non-hydrogen) atoms. The molecule has 3 heteroatoms. The standard InChI is InChI=1S/C70H45NOS/c1-3-13-46(14-4-1)48-25-29-50(30-26-48)54-18-11-19-59(42-54)71(58-37-33-51(34-38-58)55-35-39-63-66(45-55)72-65-40-36-53-17-7-8-20-61(53)69(63)65)60-43-56(52-31-27-49(28-32-52)47-15-5-2-6-16-47)41-57(44-60)62-22-12-24-68-70(62)64-21-9-10-23-67(64)73-68/h1-45H.